The summed E-state index contributed by atoms with van der Waals surface area (Å²) < 4.78 is 13.1. The number of rotatable bonds is 3. The van der Waals surface area contributed by atoms with Crippen LogP contribution in [0.1, 0.15) is 49.7 Å². The first-order valence-electron chi connectivity index (χ1n) is 6.63. The van der Waals surface area contributed by atoms with E-state index in [4.69, 9.17) is 0 Å². The smallest absolute Gasteiger partial charge is 0.100 e. The number of hydrogen-bond donors (Lipinski definition) is 0. The summed E-state index contributed by atoms with van der Waals surface area (Å²) in [5.74, 6) is 0.581. The minimum Gasteiger partial charge on any atom is -0.247 e. The van der Waals surface area contributed by atoms with E-state index in [9.17, 15) is 4.39 Å². The van der Waals surface area contributed by atoms with Gasteiger partial charge in [-0.25, -0.2) is 4.39 Å². The molecular weight excluding hydrogens is 211 g/mol. The minimum atomic E-state index is -0.555. The van der Waals surface area contributed by atoms with Crippen LogP contribution in [0.15, 0.2) is 36.4 Å². The van der Waals surface area contributed by atoms with Gasteiger partial charge >= 0.3 is 0 Å². The Bertz CT molecular complexity index is 356. The Kier molecular flexibility index (Phi) is 4.36. The SMILES string of the molecule is CC=CCc1ccc(C2CCC(F)CC2)cc1. The predicted octanol–water partition coefficient (Wildman–Crippen LogP) is 4.80. The Balaban J connectivity index is 1.97. The molecule has 0 aromatic heterocycles. The molecule has 0 unspecified atom stereocenters. The topological polar surface area (TPSA) is 0 Å². The lowest BCUT2D eigenvalue weighted by molar-refractivity contribution is 0.235. The molecule has 0 N–H and O–H groups in total. The van der Waals surface area contributed by atoms with Crippen LogP contribution in [0.5, 0.6) is 0 Å². The van der Waals surface area contributed by atoms with E-state index in [1.54, 1.807) is 0 Å². The number of allylic oxidation sites excluding steroid dienone is 2. The summed E-state index contributed by atoms with van der Waals surface area (Å²) in [4.78, 5) is 0. The van der Waals surface area contributed by atoms with Crippen molar-refractivity contribution in [3.63, 3.8) is 0 Å². The molecule has 1 aliphatic rings. The number of alkyl halides is 1. The molecule has 2 rings (SSSR count). The van der Waals surface area contributed by atoms with Gasteiger partial charge in [0.1, 0.15) is 6.17 Å². The van der Waals surface area contributed by atoms with E-state index in [0.717, 1.165) is 32.1 Å². The van der Waals surface area contributed by atoms with Crippen LogP contribution in [0.2, 0.25) is 0 Å². The molecule has 0 saturated heterocycles. The van der Waals surface area contributed by atoms with E-state index in [2.05, 4.69) is 36.4 Å². The quantitative estimate of drug-likeness (QED) is 0.657. The average Bonchev–Trinajstić information content (AvgIpc) is 2.38. The highest BCUT2D eigenvalue weighted by molar-refractivity contribution is 5.27. The van der Waals surface area contributed by atoms with Gasteiger partial charge in [0.25, 0.3) is 0 Å². The largest absolute Gasteiger partial charge is 0.247 e. The molecule has 0 nitrogen and oxygen atoms in total. The van der Waals surface area contributed by atoms with E-state index in [-0.39, 0.29) is 0 Å². The average molecular weight is 232 g/mol. The third-order valence-corrected chi connectivity index (χ3v) is 3.70. The van der Waals surface area contributed by atoms with Gasteiger partial charge < -0.3 is 0 Å². The van der Waals surface area contributed by atoms with E-state index >= 15 is 0 Å². The Hall–Kier alpha value is -1.11. The maximum absolute atomic E-state index is 13.1. The van der Waals surface area contributed by atoms with Crippen LogP contribution in [0, 0.1) is 0 Å². The zero-order valence-electron chi connectivity index (χ0n) is 10.5. The molecule has 1 saturated carbocycles. The summed E-state index contributed by atoms with van der Waals surface area (Å²) in [6, 6.07) is 8.86. The van der Waals surface area contributed by atoms with Crippen LogP contribution in [0.25, 0.3) is 0 Å². The Morgan fingerprint density at radius 3 is 2.35 bits per heavy atom. The first-order valence-corrected chi connectivity index (χ1v) is 6.63. The van der Waals surface area contributed by atoms with Crippen molar-refractivity contribution in [2.45, 2.75) is 51.1 Å². The van der Waals surface area contributed by atoms with Crippen molar-refractivity contribution in [2.75, 3.05) is 0 Å². The lowest BCUT2D eigenvalue weighted by atomic mass is 9.83. The maximum Gasteiger partial charge on any atom is 0.100 e. The summed E-state index contributed by atoms with van der Waals surface area (Å²) in [5.41, 5.74) is 2.74. The van der Waals surface area contributed by atoms with Gasteiger partial charge in [-0.1, -0.05) is 36.4 Å². The van der Waals surface area contributed by atoms with Crippen LogP contribution < -0.4 is 0 Å². The second-order valence-corrected chi connectivity index (χ2v) is 4.96. The predicted molar refractivity (Wildman–Crippen MR) is 71.1 cm³/mol. The molecule has 0 atom stereocenters. The molecule has 1 aromatic rings. The highest BCUT2D eigenvalue weighted by atomic mass is 19.1. The van der Waals surface area contributed by atoms with Crippen molar-refractivity contribution < 1.29 is 4.39 Å². The highest BCUT2D eigenvalue weighted by Crippen LogP contribution is 2.34. The summed E-state index contributed by atoms with van der Waals surface area (Å²) in [6.45, 7) is 2.05. The monoisotopic (exact) mass is 232 g/mol. The third kappa shape index (κ3) is 3.42. The minimum absolute atomic E-state index is 0.555. The van der Waals surface area contributed by atoms with Gasteiger partial charge in [-0.15, -0.1) is 0 Å². The van der Waals surface area contributed by atoms with Crippen molar-refractivity contribution in [3.05, 3.63) is 47.5 Å². The third-order valence-electron chi connectivity index (χ3n) is 3.70. The molecule has 0 heterocycles. The van der Waals surface area contributed by atoms with Crippen molar-refractivity contribution in [1.82, 2.24) is 0 Å². The summed E-state index contributed by atoms with van der Waals surface area (Å²) in [6.07, 6.45) is 8.20. The van der Waals surface area contributed by atoms with Crippen LogP contribution in [-0.2, 0) is 6.42 Å². The first kappa shape index (κ1) is 12.3. The van der Waals surface area contributed by atoms with Crippen LogP contribution in [-0.4, -0.2) is 6.17 Å². The molecule has 0 bridgehead atoms. The zero-order chi connectivity index (χ0) is 12.1. The van der Waals surface area contributed by atoms with E-state index in [1.807, 2.05) is 6.92 Å². The van der Waals surface area contributed by atoms with Gasteiger partial charge in [0.15, 0.2) is 0 Å². The van der Waals surface area contributed by atoms with E-state index in [1.165, 1.54) is 11.1 Å². The van der Waals surface area contributed by atoms with Crippen molar-refractivity contribution >= 4 is 0 Å². The van der Waals surface area contributed by atoms with Crippen LogP contribution in [0.4, 0.5) is 4.39 Å². The van der Waals surface area contributed by atoms with Crippen LogP contribution >= 0.6 is 0 Å². The number of halogens is 1. The molecule has 1 aliphatic carbocycles. The molecule has 17 heavy (non-hydrogen) atoms. The molecule has 0 radical (unpaired) electrons. The molecular formula is C16H21F. The summed E-state index contributed by atoms with van der Waals surface area (Å²) in [5, 5.41) is 0. The van der Waals surface area contributed by atoms with Gasteiger partial charge in [0, 0.05) is 0 Å². The van der Waals surface area contributed by atoms with Gasteiger partial charge in [0.05, 0.1) is 0 Å². The number of hydrogen-bond acceptors (Lipinski definition) is 0. The van der Waals surface area contributed by atoms with Crippen LogP contribution in [0.3, 0.4) is 0 Å². The van der Waals surface area contributed by atoms with Crippen molar-refractivity contribution in [3.8, 4) is 0 Å². The Labute approximate surface area is 104 Å². The Morgan fingerprint density at radius 1 is 1.12 bits per heavy atom. The molecule has 1 aromatic carbocycles. The summed E-state index contributed by atoms with van der Waals surface area (Å²) in [7, 11) is 0. The molecule has 92 valence electrons. The van der Waals surface area contributed by atoms with Crippen molar-refractivity contribution in [1.29, 1.82) is 0 Å². The lowest BCUT2D eigenvalue weighted by Gasteiger charge is -2.24. The fourth-order valence-electron chi connectivity index (χ4n) is 2.57. The summed E-state index contributed by atoms with van der Waals surface area (Å²) >= 11 is 0. The fraction of sp³-hybridized carbons (Fsp3) is 0.500. The highest BCUT2D eigenvalue weighted by Gasteiger charge is 2.21. The first-order chi connectivity index (χ1) is 8.29. The molecule has 1 fully saturated rings. The lowest BCUT2D eigenvalue weighted by Crippen LogP contribution is -2.13. The van der Waals surface area contributed by atoms with Gasteiger partial charge in [-0.2, -0.15) is 0 Å². The molecule has 0 aliphatic heterocycles. The van der Waals surface area contributed by atoms with Gasteiger partial charge in [-0.3, -0.25) is 0 Å². The molecule has 0 spiro atoms. The second-order valence-electron chi connectivity index (χ2n) is 4.96. The fourth-order valence-corrected chi connectivity index (χ4v) is 2.57. The van der Waals surface area contributed by atoms with Gasteiger partial charge in [0.2, 0.25) is 0 Å². The number of benzene rings is 1. The van der Waals surface area contributed by atoms with E-state index < -0.39 is 6.17 Å². The zero-order valence-corrected chi connectivity index (χ0v) is 10.5. The Morgan fingerprint density at radius 2 is 1.76 bits per heavy atom. The normalized spacial score (nSPS) is 25.3. The standard InChI is InChI=1S/C16H21F/c1-2-3-4-13-5-7-14(8-6-13)15-9-11-16(17)12-10-15/h2-3,5-8,15-16H,4,9-12H2,1H3. The maximum atomic E-state index is 13.1. The van der Waals surface area contributed by atoms with Crippen molar-refractivity contribution in [2.24, 2.45) is 0 Å². The van der Waals surface area contributed by atoms with E-state index in [0.29, 0.717) is 5.92 Å². The molecule has 1 heteroatoms. The van der Waals surface area contributed by atoms with Gasteiger partial charge in [-0.05, 0) is 56.1 Å². The molecule has 0 amide bonds. The second kappa shape index (κ2) is 6.00.